The van der Waals surface area contributed by atoms with Crippen molar-refractivity contribution in [2.24, 2.45) is 11.1 Å². The van der Waals surface area contributed by atoms with Gasteiger partial charge in [-0.1, -0.05) is 35.2 Å². The normalized spacial score (nSPS) is 18.3. The molecule has 4 heteroatoms. The smallest absolute Gasteiger partial charge is 0.144 e. The number of ketones is 1. The van der Waals surface area contributed by atoms with Crippen LogP contribution in [0, 0.1) is 11.2 Å². The lowest BCUT2D eigenvalue weighted by atomic mass is 9.70. The number of hydrogen-bond acceptors (Lipinski definition) is 2. The van der Waals surface area contributed by atoms with Gasteiger partial charge in [0, 0.05) is 22.9 Å². The van der Waals surface area contributed by atoms with Crippen molar-refractivity contribution in [3.63, 3.8) is 0 Å². The van der Waals surface area contributed by atoms with E-state index in [1.165, 1.54) is 18.6 Å². The predicted octanol–water partition coefficient (Wildman–Crippen LogP) is 3.61. The highest BCUT2D eigenvalue weighted by molar-refractivity contribution is 9.10. The van der Waals surface area contributed by atoms with Crippen LogP contribution in [0.25, 0.3) is 0 Å². The van der Waals surface area contributed by atoms with E-state index in [0.717, 1.165) is 30.2 Å². The Bertz CT molecular complexity index is 469. The Morgan fingerprint density at radius 2 is 2.00 bits per heavy atom. The third kappa shape index (κ3) is 3.23. The maximum atomic E-state index is 13.3. The summed E-state index contributed by atoms with van der Waals surface area (Å²) in [5, 5.41) is 0. The topological polar surface area (TPSA) is 43.1 Å². The van der Waals surface area contributed by atoms with Gasteiger partial charge in [0.2, 0.25) is 0 Å². The van der Waals surface area contributed by atoms with E-state index in [4.69, 9.17) is 5.73 Å². The van der Waals surface area contributed by atoms with Crippen LogP contribution in [0.15, 0.2) is 22.7 Å². The first-order valence-electron chi connectivity index (χ1n) is 6.75. The highest BCUT2D eigenvalue weighted by atomic mass is 79.9. The van der Waals surface area contributed by atoms with Crippen LogP contribution in [-0.4, -0.2) is 12.3 Å². The van der Waals surface area contributed by atoms with Gasteiger partial charge < -0.3 is 5.73 Å². The molecule has 0 heterocycles. The van der Waals surface area contributed by atoms with Gasteiger partial charge in [0.05, 0.1) is 0 Å². The van der Waals surface area contributed by atoms with Gasteiger partial charge in [0.15, 0.2) is 0 Å². The lowest BCUT2D eigenvalue weighted by molar-refractivity contribution is -0.129. The third-order valence-corrected chi connectivity index (χ3v) is 4.93. The molecule has 1 aliphatic rings. The van der Waals surface area contributed by atoms with Crippen LogP contribution >= 0.6 is 15.9 Å². The van der Waals surface area contributed by atoms with Crippen molar-refractivity contribution in [3.05, 3.63) is 34.1 Å². The number of hydrogen-bond donors (Lipinski definition) is 1. The first kappa shape index (κ1) is 14.7. The van der Waals surface area contributed by atoms with Crippen molar-refractivity contribution >= 4 is 21.7 Å². The Hall–Kier alpha value is -0.740. The average Bonchev–Trinajstić information content (AvgIpc) is 2.43. The van der Waals surface area contributed by atoms with Crippen molar-refractivity contribution < 1.29 is 9.18 Å². The first-order chi connectivity index (χ1) is 9.07. The molecule has 0 aromatic heterocycles. The molecule has 1 aromatic rings. The fourth-order valence-corrected chi connectivity index (χ4v) is 3.25. The Labute approximate surface area is 121 Å². The fourth-order valence-electron chi connectivity index (χ4n) is 2.86. The summed E-state index contributed by atoms with van der Waals surface area (Å²) in [6, 6.07) is 4.46. The highest BCUT2D eigenvalue weighted by Crippen LogP contribution is 2.37. The lowest BCUT2D eigenvalue weighted by Crippen LogP contribution is -2.41. The van der Waals surface area contributed by atoms with E-state index in [9.17, 15) is 9.18 Å². The van der Waals surface area contributed by atoms with E-state index in [-0.39, 0.29) is 23.4 Å². The average molecular weight is 328 g/mol. The number of rotatable bonds is 4. The standard InChI is InChI=1S/C15H19BrFNO/c16-13-5-4-12(17)8-11(13)9-14(19)15(10-18)6-2-1-3-7-15/h4-5,8H,1-3,6-7,9-10,18H2. The molecule has 1 saturated carbocycles. The molecule has 1 fully saturated rings. The van der Waals surface area contributed by atoms with Crippen molar-refractivity contribution in [1.82, 2.24) is 0 Å². The van der Waals surface area contributed by atoms with Crippen LogP contribution in [0.5, 0.6) is 0 Å². The van der Waals surface area contributed by atoms with Crippen molar-refractivity contribution in [2.45, 2.75) is 38.5 Å². The largest absolute Gasteiger partial charge is 0.329 e. The van der Waals surface area contributed by atoms with Crippen molar-refractivity contribution in [1.29, 1.82) is 0 Å². The molecular formula is C15H19BrFNO. The van der Waals surface area contributed by atoms with E-state index < -0.39 is 0 Å². The van der Waals surface area contributed by atoms with Crippen LogP contribution in [0.3, 0.4) is 0 Å². The molecule has 1 aromatic carbocycles. The van der Waals surface area contributed by atoms with Gasteiger partial charge in [0.1, 0.15) is 11.6 Å². The second-order valence-electron chi connectivity index (χ2n) is 5.38. The second kappa shape index (κ2) is 6.14. The predicted molar refractivity (Wildman–Crippen MR) is 77.4 cm³/mol. The molecule has 2 N–H and O–H groups in total. The SMILES string of the molecule is NCC1(C(=O)Cc2cc(F)ccc2Br)CCCCC1. The van der Waals surface area contributed by atoms with Crippen LogP contribution in [0.1, 0.15) is 37.7 Å². The van der Waals surface area contributed by atoms with Crippen LogP contribution in [-0.2, 0) is 11.2 Å². The third-order valence-electron chi connectivity index (χ3n) is 4.15. The molecule has 0 aliphatic heterocycles. The minimum absolute atomic E-state index is 0.154. The summed E-state index contributed by atoms with van der Waals surface area (Å²) in [7, 11) is 0. The molecule has 0 amide bonds. The summed E-state index contributed by atoms with van der Waals surface area (Å²) in [5.74, 6) is -0.155. The molecule has 19 heavy (non-hydrogen) atoms. The van der Waals surface area contributed by atoms with Crippen LogP contribution in [0.4, 0.5) is 4.39 Å². The Morgan fingerprint density at radius 1 is 1.32 bits per heavy atom. The van der Waals surface area contributed by atoms with E-state index in [1.807, 2.05) is 0 Å². The Balaban J connectivity index is 2.17. The molecular weight excluding hydrogens is 309 g/mol. The van der Waals surface area contributed by atoms with Gasteiger partial charge >= 0.3 is 0 Å². The lowest BCUT2D eigenvalue weighted by Gasteiger charge is -2.34. The fraction of sp³-hybridized carbons (Fsp3) is 0.533. The van der Waals surface area contributed by atoms with E-state index in [2.05, 4.69) is 15.9 Å². The van der Waals surface area contributed by atoms with Crippen LogP contribution in [0.2, 0.25) is 0 Å². The summed E-state index contributed by atoms with van der Waals surface area (Å²) in [4.78, 5) is 12.6. The zero-order valence-corrected chi connectivity index (χ0v) is 12.5. The Kier molecular flexibility index (Phi) is 4.74. The molecule has 0 saturated heterocycles. The zero-order valence-electron chi connectivity index (χ0n) is 10.9. The molecule has 0 bridgehead atoms. The summed E-state index contributed by atoms with van der Waals surface area (Å²) in [6.45, 7) is 0.402. The van der Waals surface area contributed by atoms with Crippen LogP contribution < -0.4 is 5.73 Å². The van der Waals surface area contributed by atoms with Gasteiger partial charge in [-0.3, -0.25) is 4.79 Å². The second-order valence-corrected chi connectivity index (χ2v) is 6.24. The van der Waals surface area contributed by atoms with Crippen molar-refractivity contribution in [2.75, 3.05) is 6.54 Å². The highest BCUT2D eigenvalue weighted by Gasteiger charge is 2.37. The molecule has 0 spiro atoms. The summed E-state index contributed by atoms with van der Waals surface area (Å²) < 4.78 is 14.0. The number of benzene rings is 1. The Morgan fingerprint density at radius 3 is 2.63 bits per heavy atom. The number of carbonyl (C=O) groups is 1. The molecule has 0 atom stereocenters. The maximum Gasteiger partial charge on any atom is 0.144 e. The molecule has 1 aliphatic carbocycles. The molecule has 2 rings (SSSR count). The first-order valence-corrected chi connectivity index (χ1v) is 7.54. The zero-order chi connectivity index (χ0) is 13.9. The molecule has 0 radical (unpaired) electrons. The van der Waals surface area contributed by atoms with E-state index in [0.29, 0.717) is 12.1 Å². The van der Waals surface area contributed by atoms with E-state index >= 15 is 0 Å². The summed E-state index contributed by atoms with van der Waals surface area (Å²) in [6.07, 6.45) is 5.30. The minimum Gasteiger partial charge on any atom is -0.329 e. The molecule has 104 valence electrons. The van der Waals surface area contributed by atoms with E-state index in [1.54, 1.807) is 6.07 Å². The van der Waals surface area contributed by atoms with Gasteiger partial charge in [-0.05, 0) is 36.6 Å². The van der Waals surface area contributed by atoms with Gasteiger partial charge in [0.25, 0.3) is 0 Å². The number of carbonyl (C=O) groups excluding carboxylic acids is 1. The van der Waals surface area contributed by atoms with Gasteiger partial charge in [-0.15, -0.1) is 0 Å². The monoisotopic (exact) mass is 327 g/mol. The maximum absolute atomic E-state index is 13.3. The van der Waals surface area contributed by atoms with Gasteiger partial charge in [-0.2, -0.15) is 0 Å². The molecule has 0 unspecified atom stereocenters. The summed E-state index contributed by atoms with van der Waals surface area (Å²) in [5.41, 5.74) is 6.18. The number of Topliss-reactive ketones (excluding diaryl/α,β-unsaturated/α-hetero) is 1. The van der Waals surface area contributed by atoms with Crippen molar-refractivity contribution in [3.8, 4) is 0 Å². The summed E-state index contributed by atoms with van der Waals surface area (Å²) >= 11 is 3.37. The quantitative estimate of drug-likeness (QED) is 0.917. The molecule has 2 nitrogen and oxygen atoms in total. The minimum atomic E-state index is -0.385. The van der Waals surface area contributed by atoms with Gasteiger partial charge in [-0.25, -0.2) is 4.39 Å². The number of halogens is 2. The number of nitrogens with two attached hydrogens (primary N) is 1.